The van der Waals surface area contributed by atoms with Crippen LogP contribution in [0.5, 0.6) is 0 Å². The highest BCUT2D eigenvalue weighted by atomic mass is 16.2. The van der Waals surface area contributed by atoms with Gasteiger partial charge in [0.1, 0.15) is 5.69 Å². The lowest BCUT2D eigenvalue weighted by Crippen LogP contribution is -2.33. The number of nitrogens with zero attached hydrogens (tertiary/aromatic N) is 2. The summed E-state index contributed by atoms with van der Waals surface area (Å²) in [6.07, 6.45) is 3.68. The van der Waals surface area contributed by atoms with Gasteiger partial charge < -0.3 is 0 Å². The fourth-order valence-electron chi connectivity index (χ4n) is 4.38. The average Bonchev–Trinajstić information content (AvgIpc) is 3.12. The third-order valence-corrected chi connectivity index (χ3v) is 6.00. The van der Waals surface area contributed by atoms with E-state index in [2.05, 4.69) is 40.7 Å². The molecule has 30 heavy (non-hydrogen) atoms. The van der Waals surface area contributed by atoms with Crippen molar-refractivity contribution in [2.75, 3.05) is 18.5 Å². The van der Waals surface area contributed by atoms with Crippen molar-refractivity contribution in [2.24, 2.45) is 5.92 Å². The first kappa shape index (κ1) is 20.4. The number of hydrogen-bond donors (Lipinski definition) is 1. The number of hydrogen-bond acceptors (Lipinski definition) is 3. The molecule has 1 N–H and O–H groups in total. The number of nitrogens with one attached hydrogen (secondary N) is 1. The average molecular weight is 404 g/mol. The molecule has 0 aliphatic carbocycles. The SMILES string of the molecule is CC(=O)Nn1c(C(=O)CCC2CCN(Cc3ccccc3)CC2)cc2ccccc21. The topological polar surface area (TPSA) is 54.3 Å². The molecular formula is C25H29N3O2. The van der Waals surface area contributed by atoms with E-state index in [0.29, 0.717) is 18.0 Å². The zero-order chi connectivity index (χ0) is 20.9. The summed E-state index contributed by atoms with van der Waals surface area (Å²) in [5.74, 6) is 0.488. The highest BCUT2D eigenvalue weighted by molar-refractivity contribution is 6.01. The third kappa shape index (κ3) is 4.79. The number of ketones is 1. The van der Waals surface area contributed by atoms with Crippen molar-refractivity contribution in [3.8, 4) is 0 Å². The van der Waals surface area contributed by atoms with Gasteiger partial charge in [0.15, 0.2) is 5.78 Å². The van der Waals surface area contributed by atoms with Gasteiger partial charge in [0.25, 0.3) is 0 Å². The Morgan fingerprint density at radius 3 is 2.43 bits per heavy atom. The molecule has 1 aromatic heterocycles. The summed E-state index contributed by atoms with van der Waals surface area (Å²) in [5, 5.41) is 0.962. The number of piperidine rings is 1. The van der Waals surface area contributed by atoms with E-state index in [1.54, 1.807) is 4.68 Å². The number of fused-ring (bicyclic) bond motifs is 1. The molecule has 0 atom stereocenters. The first-order valence-corrected chi connectivity index (χ1v) is 10.8. The Morgan fingerprint density at radius 2 is 1.70 bits per heavy atom. The standard InChI is InChI=1S/C25H29N3O2/c1-19(29)26-28-23-10-6-5-9-22(23)17-24(28)25(30)12-11-20-13-15-27(16-14-20)18-21-7-3-2-4-8-21/h2-10,17,20H,11-16,18H2,1H3,(H,26,29). The number of benzene rings is 2. The molecule has 4 rings (SSSR count). The first-order valence-electron chi connectivity index (χ1n) is 10.8. The van der Waals surface area contributed by atoms with Gasteiger partial charge in [0.05, 0.1) is 5.52 Å². The molecule has 1 saturated heterocycles. The summed E-state index contributed by atoms with van der Waals surface area (Å²) >= 11 is 0. The maximum atomic E-state index is 13.0. The highest BCUT2D eigenvalue weighted by Crippen LogP contribution is 2.25. The monoisotopic (exact) mass is 403 g/mol. The van der Waals surface area contributed by atoms with Gasteiger partial charge >= 0.3 is 0 Å². The fraction of sp³-hybridized carbons (Fsp3) is 0.360. The third-order valence-electron chi connectivity index (χ3n) is 6.00. The zero-order valence-corrected chi connectivity index (χ0v) is 17.5. The van der Waals surface area contributed by atoms with Gasteiger partial charge in [0.2, 0.25) is 5.91 Å². The lowest BCUT2D eigenvalue weighted by Gasteiger charge is -2.32. The van der Waals surface area contributed by atoms with Crippen molar-refractivity contribution in [3.63, 3.8) is 0 Å². The predicted octanol–water partition coefficient (Wildman–Crippen LogP) is 4.61. The number of carbonyl (C=O) groups excluding carboxylic acids is 2. The number of rotatable bonds is 7. The Bertz CT molecular complexity index is 1020. The second-order valence-corrected chi connectivity index (χ2v) is 8.26. The summed E-state index contributed by atoms with van der Waals surface area (Å²) < 4.78 is 1.64. The van der Waals surface area contributed by atoms with Gasteiger partial charge in [-0.2, -0.15) is 0 Å². The van der Waals surface area contributed by atoms with Crippen LogP contribution in [-0.4, -0.2) is 34.4 Å². The van der Waals surface area contributed by atoms with E-state index < -0.39 is 0 Å². The van der Waals surface area contributed by atoms with E-state index >= 15 is 0 Å². The van der Waals surface area contributed by atoms with E-state index in [0.717, 1.165) is 49.8 Å². The van der Waals surface area contributed by atoms with E-state index in [4.69, 9.17) is 0 Å². The molecule has 1 fully saturated rings. The molecule has 1 aliphatic heterocycles. The van der Waals surface area contributed by atoms with Crippen LogP contribution in [0.25, 0.3) is 10.9 Å². The Labute approximate surface area is 177 Å². The van der Waals surface area contributed by atoms with Crippen LogP contribution in [-0.2, 0) is 11.3 Å². The van der Waals surface area contributed by atoms with Crippen molar-refractivity contribution >= 4 is 22.6 Å². The summed E-state index contributed by atoms with van der Waals surface area (Å²) in [6.45, 7) is 4.63. The Hall–Kier alpha value is -2.92. The van der Waals surface area contributed by atoms with Gasteiger partial charge in [-0.1, -0.05) is 48.5 Å². The summed E-state index contributed by atoms with van der Waals surface area (Å²) in [5.41, 5.74) is 5.57. The molecule has 0 saturated carbocycles. The number of aromatic nitrogens is 1. The van der Waals surface area contributed by atoms with E-state index in [1.807, 2.05) is 30.3 Å². The van der Waals surface area contributed by atoms with E-state index in [1.165, 1.54) is 12.5 Å². The largest absolute Gasteiger partial charge is 0.299 e. The number of Topliss-reactive ketones (excluding diaryl/α,β-unsaturated/α-hetero) is 1. The molecule has 0 unspecified atom stereocenters. The Kier molecular flexibility index (Phi) is 6.29. The molecule has 156 valence electrons. The van der Waals surface area contributed by atoms with Gasteiger partial charge in [0, 0.05) is 25.3 Å². The van der Waals surface area contributed by atoms with Crippen molar-refractivity contribution < 1.29 is 9.59 Å². The van der Waals surface area contributed by atoms with E-state index in [9.17, 15) is 9.59 Å². The van der Waals surface area contributed by atoms with Gasteiger partial charge in [-0.15, -0.1) is 0 Å². The molecule has 2 heterocycles. The van der Waals surface area contributed by atoms with Crippen LogP contribution in [0, 0.1) is 5.92 Å². The van der Waals surface area contributed by atoms with Gasteiger partial charge in [-0.05, 0) is 56.0 Å². The lowest BCUT2D eigenvalue weighted by molar-refractivity contribution is -0.115. The second kappa shape index (κ2) is 9.26. The number of carbonyl (C=O) groups is 2. The van der Waals surface area contributed by atoms with Crippen LogP contribution in [0.2, 0.25) is 0 Å². The van der Waals surface area contributed by atoms with Crippen molar-refractivity contribution in [1.29, 1.82) is 0 Å². The molecule has 5 heteroatoms. The second-order valence-electron chi connectivity index (χ2n) is 8.26. The van der Waals surface area contributed by atoms with E-state index in [-0.39, 0.29) is 11.7 Å². The Balaban J connectivity index is 1.34. The molecule has 1 aliphatic rings. The quantitative estimate of drug-likeness (QED) is 0.586. The highest BCUT2D eigenvalue weighted by Gasteiger charge is 2.22. The minimum atomic E-state index is -0.184. The zero-order valence-electron chi connectivity index (χ0n) is 17.5. The lowest BCUT2D eigenvalue weighted by atomic mass is 9.91. The molecule has 0 bridgehead atoms. The molecule has 2 aromatic carbocycles. The number of likely N-dealkylation sites (tertiary alicyclic amines) is 1. The Morgan fingerprint density at radius 1 is 1.00 bits per heavy atom. The van der Waals surface area contributed by atoms with Crippen LogP contribution in [0.4, 0.5) is 0 Å². The first-order chi connectivity index (χ1) is 14.6. The van der Waals surface area contributed by atoms with Gasteiger partial charge in [-0.25, -0.2) is 4.68 Å². The molecule has 0 radical (unpaired) electrons. The molecular weight excluding hydrogens is 374 g/mol. The van der Waals surface area contributed by atoms with Crippen LogP contribution in [0.1, 0.15) is 48.7 Å². The molecule has 3 aromatic rings. The minimum absolute atomic E-state index is 0.0895. The minimum Gasteiger partial charge on any atom is -0.299 e. The molecule has 0 spiro atoms. The smallest absolute Gasteiger partial charge is 0.235 e. The fourth-order valence-corrected chi connectivity index (χ4v) is 4.38. The number of para-hydroxylation sites is 1. The summed E-state index contributed by atoms with van der Waals surface area (Å²) in [4.78, 5) is 27.1. The van der Waals surface area contributed by atoms with Crippen LogP contribution < -0.4 is 5.43 Å². The maximum absolute atomic E-state index is 13.0. The van der Waals surface area contributed by atoms with Crippen LogP contribution >= 0.6 is 0 Å². The summed E-state index contributed by atoms with van der Waals surface area (Å²) in [6, 6.07) is 20.2. The predicted molar refractivity (Wildman–Crippen MR) is 120 cm³/mol. The van der Waals surface area contributed by atoms with Crippen LogP contribution in [0.3, 0.4) is 0 Å². The van der Waals surface area contributed by atoms with Crippen molar-refractivity contribution in [3.05, 3.63) is 71.9 Å². The van der Waals surface area contributed by atoms with Crippen molar-refractivity contribution in [1.82, 2.24) is 9.58 Å². The maximum Gasteiger partial charge on any atom is 0.235 e. The summed E-state index contributed by atoms with van der Waals surface area (Å²) in [7, 11) is 0. The molecule has 1 amide bonds. The molecule has 5 nitrogen and oxygen atoms in total. The van der Waals surface area contributed by atoms with Gasteiger partial charge in [-0.3, -0.25) is 19.9 Å². The van der Waals surface area contributed by atoms with Crippen molar-refractivity contribution in [2.45, 2.75) is 39.2 Å². The van der Waals surface area contributed by atoms with Crippen LogP contribution in [0.15, 0.2) is 60.7 Å². The number of amides is 1. The normalized spacial score (nSPS) is 15.4.